The molecule has 0 radical (unpaired) electrons. The minimum Gasteiger partial charge on any atom is -0.493 e. The Kier molecular flexibility index (Phi) is 9.25. The first-order valence-corrected chi connectivity index (χ1v) is 12.7. The molecule has 0 aliphatic carbocycles. The number of nitrogens with one attached hydrogen (secondary N) is 1. The molecule has 2 aromatic rings. The highest BCUT2D eigenvalue weighted by Crippen LogP contribution is 2.45. The van der Waals surface area contributed by atoms with Gasteiger partial charge in [0.15, 0.2) is 11.5 Å². The van der Waals surface area contributed by atoms with Gasteiger partial charge in [-0.3, -0.25) is 9.59 Å². The maximum absolute atomic E-state index is 13.9. The number of fused-ring (bicyclic) bond motifs is 1. The Hall–Kier alpha value is -2.77. The summed E-state index contributed by atoms with van der Waals surface area (Å²) in [6.45, 7) is 9.26. The summed E-state index contributed by atoms with van der Waals surface area (Å²) in [6, 6.07) is 10.9. The Morgan fingerprint density at radius 2 is 1.89 bits per heavy atom. The lowest BCUT2D eigenvalue weighted by atomic mass is 9.94. The molecule has 0 unspecified atom stereocenters. The number of nitrogens with zero attached hydrogens (tertiary/aromatic N) is 1. The number of anilines is 1. The Bertz CT molecular complexity index is 1080. The molecule has 0 spiro atoms. The van der Waals surface area contributed by atoms with E-state index in [1.807, 2.05) is 24.3 Å². The molecule has 0 aromatic heterocycles. The van der Waals surface area contributed by atoms with Crippen molar-refractivity contribution >= 4 is 29.1 Å². The second-order valence-electron chi connectivity index (χ2n) is 10.2. The molecule has 1 N–H and O–H groups in total. The monoisotopic (exact) mass is 516 g/mol. The van der Waals surface area contributed by atoms with Gasteiger partial charge in [-0.25, -0.2) is 0 Å². The highest BCUT2D eigenvalue weighted by Gasteiger charge is 2.40. The zero-order valence-corrected chi connectivity index (χ0v) is 22.8. The number of carbonyl (C=O) groups is 2. The highest BCUT2D eigenvalue weighted by molar-refractivity contribution is 6.30. The molecule has 2 amide bonds. The fourth-order valence-electron chi connectivity index (χ4n) is 4.35. The van der Waals surface area contributed by atoms with Gasteiger partial charge >= 0.3 is 0 Å². The number of para-hydroxylation sites is 1. The number of benzene rings is 2. The van der Waals surface area contributed by atoms with Crippen LogP contribution < -0.4 is 19.7 Å². The molecule has 2 aromatic carbocycles. The SMILES string of the molecule is CCCCNC(=O)C[C@H]1O[C@H](c2cccc(OC)c2OC)c2cc(Cl)ccc2N(CC(C)(C)C)C1=O. The van der Waals surface area contributed by atoms with Crippen molar-refractivity contribution < 1.29 is 23.8 Å². The van der Waals surface area contributed by atoms with Gasteiger partial charge in [0.2, 0.25) is 5.91 Å². The van der Waals surface area contributed by atoms with Gasteiger partial charge in [-0.1, -0.05) is 57.8 Å². The van der Waals surface area contributed by atoms with Crippen LogP contribution >= 0.6 is 11.6 Å². The van der Waals surface area contributed by atoms with E-state index in [4.69, 9.17) is 25.8 Å². The van der Waals surface area contributed by atoms with Crippen molar-refractivity contribution in [3.05, 3.63) is 52.5 Å². The molecule has 1 aliphatic heterocycles. The van der Waals surface area contributed by atoms with Crippen LogP contribution in [0.15, 0.2) is 36.4 Å². The van der Waals surface area contributed by atoms with Crippen molar-refractivity contribution in [3.8, 4) is 11.5 Å². The van der Waals surface area contributed by atoms with Gasteiger partial charge < -0.3 is 24.4 Å². The lowest BCUT2D eigenvalue weighted by molar-refractivity contribution is -0.138. The standard InChI is InChI=1S/C28H37ClN2O5/c1-7-8-14-30-24(32)16-23-27(33)31(17-28(2,3)4)21-13-12-18(29)15-20(21)25(36-23)19-10-9-11-22(34-5)26(19)35-6/h9-13,15,23,25H,7-8,14,16-17H2,1-6H3,(H,30,32)/t23-,25-/m1/s1. The minimum atomic E-state index is -0.999. The van der Waals surface area contributed by atoms with Gasteiger partial charge in [-0.2, -0.15) is 0 Å². The molecule has 3 rings (SSSR count). The number of carbonyl (C=O) groups excluding carboxylic acids is 2. The van der Waals surface area contributed by atoms with Gasteiger partial charge in [0.25, 0.3) is 5.91 Å². The quantitative estimate of drug-likeness (QED) is 0.443. The molecule has 0 saturated heterocycles. The van der Waals surface area contributed by atoms with Gasteiger partial charge in [0.1, 0.15) is 12.2 Å². The largest absolute Gasteiger partial charge is 0.493 e. The number of amides is 2. The van der Waals surface area contributed by atoms with Crippen molar-refractivity contribution in [2.24, 2.45) is 5.41 Å². The van der Waals surface area contributed by atoms with Crippen LogP contribution in [0.4, 0.5) is 5.69 Å². The van der Waals surface area contributed by atoms with Crippen molar-refractivity contribution in [3.63, 3.8) is 0 Å². The van der Waals surface area contributed by atoms with E-state index in [0.717, 1.165) is 18.4 Å². The lowest BCUT2D eigenvalue weighted by Crippen LogP contribution is -2.45. The number of halogens is 1. The number of ether oxygens (including phenoxy) is 3. The Morgan fingerprint density at radius 1 is 1.14 bits per heavy atom. The highest BCUT2D eigenvalue weighted by atomic mass is 35.5. The fraction of sp³-hybridized carbons (Fsp3) is 0.500. The van der Waals surface area contributed by atoms with Crippen LogP contribution in [0.25, 0.3) is 0 Å². The van der Waals surface area contributed by atoms with Crippen LogP contribution in [-0.2, 0) is 14.3 Å². The predicted molar refractivity (Wildman–Crippen MR) is 142 cm³/mol. The summed E-state index contributed by atoms with van der Waals surface area (Å²) < 4.78 is 17.7. The van der Waals surface area contributed by atoms with Crippen molar-refractivity contribution in [2.45, 2.75) is 59.2 Å². The topological polar surface area (TPSA) is 77.1 Å². The van der Waals surface area contributed by atoms with Crippen molar-refractivity contribution in [1.29, 1.82) is 0 Å². The molecule has 36 heavy (non-hydrogen) atoms. The zero-order valence-electron chi connectivity index (χ0n) is 22.0. The summed E-state index contributed by atoms with van der Waals surface area (Å²) in [6.07, 6.45) is 0.0294. The molecule has 1 heterocycles. The smallest absolute Gasteiger partial charge is 0.256 e. The van der Waals surface area contributed by atoms with E-state index >= 15 is 0 Å². The summed E-state index contributed by atoms with van der Waals surface area (Å²) in [5.41, 5.74) is 1.90. The van der Waals surface area contributed by atoms with Crippen LogP contribution in [0.1, 0.15) is 64.2 Å². The third kappa shape index (κ3) is 6.51. The fourth-order valence-corrected chi connectivity index (χ4v) is 4.53. The van der Waals surface area contributed by atoms with E-state index in [-0.39, 0.29) is 23.7 Å². The Morgan fingerprint density at radius 3 is 2.53 bits per heavy atom. The number of unbranched alkanes of at least 4 members (excludes halogenated alkanes) is 1. The summed E-state index contributed by atoms with van der Waals surface area (Å²) >= 11 is 6.44. The second-order valence-corrected chi connectivity index (χ2v) is 10.6. The maximum atomic E-state index is 13.9. The van der Waals surface area contributed by atoms with E-state index in [2.05, 4.69) is 33.0 Å². The lowest BCUT2D eigenvalue weighted by Gasteiger charge is -2.31. The van der Waals surface area contributed by atoms with E-state index in [1.54, 1.807) is 31.3 Å². The first-order chi connectivity index (χ1) is 17.1. The van der Waals surface area contributed by atoms with Crippen LogP contribution in [0, 0.1) is 5.41 Å². The third-order valence-electron chi connectivity index (χ3n) is 5.98. The summed E-state index contributed by atoms with van der Waals surface area (Å²) in [7, 11) is 3.13. The molecule has 0 bridgehead atoms. The second kappa shape index (κ2) is 12.0. The third-order valence-corrected chi connectivity index (χ3v) is 6.21. The number of methoxy groups -OCH3 is 2. The van der Waals surface area contributed by atoms with E-state index in [0.29, 0.717) is 40.9 Å². The number of rotatable bonds is 9. The van der Waals surface area contributed by atoms with E-state index in [9.17, 15) is 9.59 Å². The molecule has 0 saturated carbocycles. The van der Waals surface area contributed by atoms with Crippen LogP contribution in [0.2, 0.25) is 5.02 Å². The average molecular weight is 517 g/mol. The molecule has 2 atom stereocenters. The number of hydrogen-bond acceptors (Lipinski definition) is 5. The summed E-state index contributed by atoms with van der Waals surface area (Å²) in [5, 5.41) is 3.42. The van der Waals surface area contributed by atoms with Gasteiger partial charge in [0, 0.05) is 34.9 Å². The molecule has 1 aliphatic rings. The minimum absolute atomic E-state index is 0.0896. The molecular weight excluding hydrogens is 480 g/mol. The van der Waals surface area contributed by atoms with Crippen LogP contribution in [-0.4, -0.2) is 45.2 Å². The first kappa shape index (κ1) is 27.8. The van der Waals surface area contributed by atoms with Crippen molar-refractivity contribution in [1.82, 2.24) is 5.32 Å². The number of hydrogen-bond donors (Lipinski definition) is 1. The molecular formula is C28H37ClN2O5. The normalized spacial score (nSPS) is 17.9. The maximum Gasteiger partial charge on any atom is 0.256 e. The molecule has 8 heteroatoms. The van der Waals surface area contributed by atoms with Crippen molar-refractivity contribution in [2.75, 3.05) is 32.2 Å². The van der Waals surface area contributed by atoms with E-state index in [1.165, 1.54) is 0 Å². The van der Waals surface area contributed by atoms with Gasteiger partial charge in [-0.05, 0) is 36.1 Å². The summed E-state index contributed by atoms with van der Waals surface area (Å²) in [5.74, 6) is 0.554. The van der Waals surface area contributed by atoms with E-state index < -0.39 is 12.2 Å². The Labute approximate surface area is 219 Å². The van der Waals surface area contributed by atoms with Crippen LogP contribution in [0.5, 0.6) is 11.5 Å². The average Bonchev–Trinajstić information content (AvgIpc) is 2.93. The molecule has 0 fully saturated rings. The summed E-state index contributed by atoms with van der Waals surface area (Å²) in [4.78, 5) is 28.4. The van der Waals surface area contributed by atoms with Gasteiger partial charge in [-0.15, -0.1) is 0 Å². The first-order valence-electron chi connectivity index (χ1n) is 12.3. The van der Waals surface area contributed by atoms with Crippen LogP contribution in [0.3, 0.4) is 0 Å². The van der Waals surface area contributed by atoms with Gasteiger partial charge in [0.05, 0.1) is 20.6 Å². The molecule has 196 valence electrons. The molecule has 7 nitrogen and oxygen atoms in total. The predicted octanol–water partition coefficient (Wildman–Crippen LogP) is 5.53. The Balaban J connectivity index is 2.15. The zero-order chi connectivity index (χ0) is 26.5.